The van der Waals surface area contributed by atoms with Crippen LogP contribution in [0.3, 0.4) is 0 Å². The maximum Gasteiger partial charge on any atom is 0.237 e. The van der Waals surface area contributed by atoms with E-state index in [0.29, 0.717) is 23.8 Å². The van der Waals surface area contributed by atoms with E-state index in [0.717, 1.165) is 22.3 Å². The van der Waals surface area contributed by atoms with Crippen molar-refractivity contribution in [2.24, 2.45) is 5.41 Å². The normalized spacial score (nSPS) is 15.8. The Kier molecular flexibility index (Phi) is 4.08. The average molecular weight is 394 g/mol. The Bertz CT molecular complexity index is 1130. The molecule has 2 amide bonds. The van der Waals surface area contributed by atoms with Gasteiger partial charge in [0.25, 0.3) is 0 Å². The molecule has 0 atom stereocenters. The fourth-order valence-electron chi connectivity index (χ4n) is 3.64. The summed E-state index contributed by atoms with van der Waals surface area (Å²) < 4.78 is 0. The Morgan fingerprint density at radius 3 is 2.66 bits per heavy atom. The minimum absolute atomic E-state index is 0.101. The quantitative estimate of drug-likeness (QED) is 0.631. The molecule has 8 heteroatoms. The summed E-state index contributed by atoms with van der Waals surface area (Å²) in [5, 5.41) is 9.90. The largest absolute Gasteiger partial charge is 0.337 e. The molecule has 0 aliphatic carbocycles. The Labute approximate surface area is 169 Å². The fraction of sp³-hybridized carbons (Fsp3) is 0.429. The second-order valence-electron chi connectivity index (χ2n) is 9.01. The second kappa shape index (κ2) is 6.17. The van der Waals surface area contributed by atoms with Crippen molar-refractivity contribution in [2.45, 2.75) is 47.0 Å². The van der Waals surface area contributed by atoms with Crippen LogP contribution in [0.4, 0.5) is 11.4 Å². The molecule has 8 nitrogen and oxygen atoms in total. The van der Waals surface area contributed by atoms with Gasteiger partial charge in [0.05, 0.1) is 34.0 Å². The van der Waals surface area contributed by atoms with Gasteiger partial charge in [-0.1, -0.05) is 20.8 Å². The first-order valence-corrected chi connectivity index (χ1v) is 9.75. The van der Waals surface area contributed by atoms with Crippen LogP contribution in [0.25, 0.3) is 22.6 Å². The number of amides is 2. The molecular formula is C21H26N6O2. The molecular weight excluding hydrogens is 368 g/mol. The molecule has 3 aromatic rings. The molecule has 0 bridgehead atoms. The Morgan fingerprint density at radius 1 is 1.28 bits per heavy atom. The topological polar surface area (TPSA) is 107 Å². The van der Waals surface area contributed by atoms with Crippen molar-refractivity contribution in [3.05, 3.63) is 23.9 Å². The number of carbonyl (C=O) groups excluding carboxylic acids is 2. The van der Waals surface area contributed by atoms with E-state index in [2.05, 4.69) is 25.5 Å². The third-order valence-corrected chi connectivity index (χ3v) is 5.47. The highest BCUT2D eigenvalue weighted by Crippen LogP contribution is 2.43. The van der Waals surface area contributed by atoms with Crippen LogP contribution in [-0.2, 0) is 15.0 Å². The summed E-state index contributed by atoms with van der Waals surface area (Å²) in [5.74, 6) is 0.579. The lowest BCUT2D eigenvalue weighted by Gasteiger charge is -2.18. The first-order valence-electron chi connectivity index (χ1n) is 9.75. The van der Waals surface area contributed by atoms with Gasteiger partial charge in [-0.25, -0.2) is 4.98 Å². The summed E-state index contributed by atoms with van der Waals surface area (Å²) in [6.07, 6.45) is 1.58. The standard InChI is InChI=1S/C21H26N6O2/c1-7-27-15-9-13-12(8-11(15)21(5,6)19(27)29)23-17(24-13)16-14(10-22-26-16)25-18(28)20(2,3)4/h8-10H,7H2,1-6H3,(H,22,26)(H,23,24)(H,25,28). The molecule has 0 saturated heterocycles. The van der Waals surface area contributed by atoms with E-state index in [4.69, 9.17) is 0 Å². The van der Waals surface area contributed by atoms with E-state index in [1.807, 2.05) is 53.7 Å². The molecule has 0 saturated carbocycles. The van der Waals surface area contributed by atoms with Crippen LogP contribution >= 0.6 is 0 Å². The molecule has 0 fully saturated rings. The number of benzene rings is 1. The predicted molar refractivity (Wildman–Crippen MR) is 113 cm³/mol. The number of nitrogens with zero attached hydrogens (tertiary/aromatic N) is 3. The van der Waals surface area contributed by atoms with Crippen LogP contribution in [0.5, 0.6) is 0 Å². The van der Waals surface area contributed by atoms with E-state index < -0.39 is 10.8 Å². The number of aromatic nitrogens is 4. The Balaban J connectivity index is 1.77. The number of fused-ring (bicyclic) bond motifs is 2. The number of aromatic amines is 2. The Morgan fingerprint density at radius 2 is 2.00 bits per heavy atom. The highest BCUT2D eigenvalue weighted by molar-refractivity contribution is 6.09. The lowest BCUT2D eigenvalue weighted by atomic mass is 9.86. The van der Waals surface area contributed by atoms with Gasteiger partial charge in [-0.15, -0.1) is 0 Å². The summed E-state index contributed by atoms with van der Waals surface area (Å²) in [6.45, 7) is 12.0. The SMILES string of the molecule is CCN1C(=O)C(C)(C)c2cc3[nH]c(-c4[nH]ncc4NC(=O)C(C)(C)C)nc3cc21. The molecule has 29 heavy (non-hydrogen) atoms. The number of imidazole rings is 1. The predicted octanol–water partition coefficient (Wildman–Crippen LogP) is 3.58. The number of carbonyl (C=O) groups is 2. The summed E-state index contributed by atoms with van der Waals surface area (Å²) >= 11 is 0. The van der Waals surface area contributed by atoms with Crippen LogP contribution < -0.4 is 10.2 Å². The third-order valence-electron chi connectivity index (χ3n) is 5.47. The number of H-pyrrole nitrogens is 2. The zero-order valence-corrected chi connectivity index (χ0v) is 17.6. The summed E-state index contributed by atoms with van der Waals surface area (Å²) in [4.78, 5) is 34.9. The number of hydrogen-bond donors (Lipinski definition) is 3. The minimum Gasteiger partial charge on any atom is -0.337 e. The van der Waals surface area contributed by atoms with Gasteiger partial charge in [-0.05, 0) is 38.5 Å². The van der Waals surface area contributed by atoms with Crippen LogP contribution in [0.2, 0.25) is 0 Å². The highest BCUT2D eigenvalue weighted by atomic mass is 16.2. The van der Waals surface area contributed by atoms with Gasteiger partial charge >= 0.3 is 0 Å². The van der Waals surface area contributed by atoms with Crippen LogP contribution in [-0.4, -0.2) is 38.5 Å². The van der Waals surface area contributed by atoms with E-state index in [9.17, 15) is 9.59 Å². The molecule has 1 aromatic carbocycles. The van der Waals surface area contributed by atoms with Crippen molar-refractivity contribution in [3.63, 3.8) is 0 Å². The smallest absolute Gasteiger partial charge is 0.237 e. The lowest BCUT2D eigenvalue weighted by molar-refractivity contribution is -0.123. The number of hydrogen-bond acceptors (Lipinski definition) is 4. The molecule has 152 valence electrons. The molecule has 3 heterocycles. The van der Waals surface area contributed by atoms with E-state index in [1.165, 1.54) is 0 Å². The van der Waals surface area contributed by atoms with Gasteiger partial charge in [-0.3, -0.25) is 14.7 Å². The van der Waals surface area contributed by atoms with Crippen molar-refractivity contribution >= 4 is 34.2 Å². The number of anilines is 2. The summed E-state index contributed by atoms with van der Waals surface area (Å²) in [6, 6.07) is 3.95. The minimum atomic E-state index is -0.579. The number of nitrogens with one attached hydrogen (secondary N) is 3. The third kappa shape index (κ3) is 2.90. The molecule has 3 N–H and O–H groups in total. The number of rotatable bonds is 3. The van der Waals surface area contributed by atoms with E-state index >= 15 is 0 Å². The zero-order chi connectivity index (χ0) is 21.1. The van der Waals surface area contributed by atoms with Crippen molar-refractivity contribution in [3.8, 4) is 11.5 Å². The molecule has 2 aromatic heterocycles. The zero-order valence-electron chi connectivity index (χ0n) is 17.6. The van der Waals surface area contributed by atoms with Gasteiger partial charge in [0.2, 0.25) is 11.8 Å². The van der Waals surface area contributed by atoms with E-state index in [1.54, 1.807) is 11.1 Å². The summed E-state index contributed by atoms with van der Waals surface area (Å²) in [7, 11) is 0. The van der Waals surface area contributed by atoms with Gasteiger partial charge in [0, 0.05) is 12.0 Å². The maximum absolute atomic E-state index is 12.7. The van der Waals surface area contributed by atoms with Crippen LogP contribution in [0.15, 0.2) is 18.3 Å². The number of likely N-dealkylation sites (N-methyl/N-ethyl adjacent to an activating group) is 1. The molecule has 0 unspecified atom stereocenters. The van der Waals surface area contributed by atoms with Crippen molar-refractivity contribution in [1.82, 2.24) is 20.2 Å². The van der Waals surface area contributed by atoms with Crippen LogP contribution in [0, 0.1) is 5.41 Å². The average Bonchev–Trinajstić information content (AvgIpc) is 3.29. The Hall–Kier alpha value is -3.16. The maximum atomic E-state index is 12.7. The van der Waals surface area contributed by atoms with Crippen LogP contribution in [0.1, 0.15) is 47.1 Å². The highest BCUT2D eigenvalue weighted by Gasteiger charge is 2.43. The monoisotopic (exact) mass is 394 g/mol. The molecule has 1 aliphatic rings. The van der Waals surface area contributed by atoms with Gasteiger partial charge in [0.1, 0.15) is 5.69 Å². The second-order valence-corrected chi connectivity index (χ2v) is 9.01. The molecule has 1 aliphatic heterocycles. The lowest BCUT2D eigenvalue weighted by Crippen LogP contribution is -2.35. The molecule has 4 rings (SSSR count). The van der Waals surface area contributed by atoms with Crippen molar-refractivity contribution in [2.75, 3.05) is 16.8 Å². The van der Waals surface area contributed by atoms with Gasteiger partial charge < -0.3 is 15.2 Å². The van der Waals surface area contributed by atoms with Gasteiger partial charge in [0.15, 0.2) is 5.82 Å². The molecule has 0 radical (unpaired) electrons. The fourth-order valence-corrected chi connectivity index (χ4v) is 3.64. The molecule has 0 spiro atoms. The van der Waals surface area contributed by atoms with Crippen molar-refractivity contribution < 1.29 is 9.59 Å². The first-order chi connectivity index (χ1) is 13.5. The van der Waals surface area contributed by atoms with E-state index in [-0.39, 0.29) is 11.8 Å². The van der Waals surface area contributed by atoms with Crippen molar-refractivity contribution in [1.29, 1.82) is 0 Å². The first kappa shape index (κ1) is 19.2. The summed E-state index contributed by atoms with van der Waals surface area (Å²) in [5.41, 5.74) is 3.56. The van der Waals surface area contributed by atoms with Gasteiger partial charge in [-0.2, -0.15) is 5.10 Å².